The third kappa shape index (κ3) is 12.9. The van der Waals surface area contributed by atoms with E-state index in [0.29, 0.717) is 11.1 Å². The molecule has 1 aliphatic heterocycles. The van der Waals surface area contributed by atoms with Crippen LogP contribution < -0.4 is 5.32 Å². The number of esters is 6. The number of carbonyl (C=O) groups is 7. The zero-order valence-electron chi connectivity index (χ0n) is 27.2. The lowest BCUT2D eigenvalue weighted by atomic mass is 9.98. The van der Waals surface area contributed by atoms with Crippen molar-refractivity contribution in [3.05, 3.63) is 71.8 Å². The summed E-state index contributed by atoms with van der Waals surface area (Å²) >= 11 is 0. The molecule has 0 aliphatic carbocycles. The lowest BCUT2D eigenvalue weighted by Crippen LogP contribution is -2.63. The van der Waals surface area contributed by atoms with Crippen molar-refractivity contribution in [1.29, 1.82) is 0 Å². The number of hydrogen-bond acceptors (Lipinski definition) is 15. The first-order chi connectivity index (χ1) is 23.3. The van der Waals surface area contributed by atoms with E-state index in [1.54, 1.807) is 60.7 Å². The molecule has 1 aliphatic rings. The predicted octanol–water partition coefficient (Wildman–Crippen LogP) is 2.04. The molecule has 2 aromatic carbocycles. The number of ether oxygens (including phenoxy) is 8. The zero-order chi connectivity index (χ0) is 35.9. The van der Waals surface area contributed by atoms with Crippen LogP contribution in [0, 0.1) is 0 Å². The van der Waals surface area contributed by atoms with Gasteiger partial charge in [-0.15, -0.1) is 0 Å². The maximum atomic E-state index is 13.3. The van der Waals surface area contributed by atoms with Crippen molar-refractivity contribution in [3.8, 4) is 0 Å². The Hall–Kier alpha value is -5.51. The molecule has 0 radical (unpaired) electrons. The van der Waals surface area contributed by atoms with Crippen molar-refractivity contribution in [1.82, 2.24) is 5.32 Å². The summed E-state index contributed by atoms with van der Waals surface area (Å²) in [5, 5.41) is 2.23. The first kappa shape index (κ1) is 37.9. The first-order valence-corrected chi connectivity index (χ1v) is 15.0. The second-order valence-electron chi connectivity index (χ2n) is 10.6. The van der Waals surface area contributed by atoms with Crippen LogP contribution >= 0.6 is 0 Å². The summed E-state index contributed by atoms with van der Waals surface area (Å²) in [6.45, 7) is 3.31. The lowest BCUT2D eigenvalue weighted by Gasteiger charge is -2.43. The number of benzene rings is 2. The Balaban J connectivity index is 1.84. The van der Waals surface area contributed by atoms with Crippen LogP contribution in [0.15, 0.2) is 60.7 Å². The van der Waals surface area contributed by atoms with E-state index in [0.717, 1.165) is 27.7 Å². The molecule has 1 N–H and O–H groups in total. The van der Waals surface area contributed by atoms with E-state index in [2.05, 4.69) is 5.32 Å². The Bertz CT molecular complexity index is 1460. The first-order valence-electron chi connectivity index (χ1n) is 15.0. The smallest absolute Gasteiger partial charge is 0.410 e. The molecule has 2 aromatic rings. The maximum Gasteiger partial charge on any atom is 0.410 e. The van der Waals surface area contributed by atoms with Crippen molar-refractivity contribution >= 4 is 41.9 Å². The molecule has 1 saturated heterocycles. The van der Waals surface area contributed by atoms with Crippen LogP contribution in [0.3, 0.4) is 0 Å². The normalized spacial score (nSPS) is 20.4. The molecular formula is C33H37NO15. The molecule has 49 heavy (non-hydrogen) atoms. The molecular weight excluding hydrogens is 650 g/mol. The fraction of sp³-hybridized carbons (Fsp3) is 0.424. The van der Waals surface area contributed by atoms with Crippen LogP contribution in [-0.2, 0) is 79.9 Å². The molecule has 0 aromatic heterocycles. The predicted molar refractivity (Wildman–Crippen MR) is 162 cm³/mol. The highest BCUT2D eigenvalue weighted by molar-refractivity contribution is 5.86. The lowest BCUT2D eigenvalue weighted by molar-refractivity contribution is -0.294. The Kier molecular flexibility index (Phi) is 14.5. The van der Waals surface area contributed by atoms with Crippen molar-refractivity contribution in [2.24, 2.45) is 0 Å². The van der Waals surface area contributed by atoms with Crippen LogP contribution in [0.4, 0.5) is 4.79 Å². The minimum Gasteiger partial charge on any atom is -0.463 e. The highest BCUT2D eigenvalue weighted by Crippen LogP contribution is 2.30. The highest BCUT2D eigenvalue weighted by atomic mass is 16.8. The Morgan fingerprint density at radius 2 is 1.14 bits per heavy atom. The number of carbonyl (C=O) groups excluding carboxylic acids is 7. The van der Waals surface area contributed by atoms with Crippen LogP contribution in [0.1, 0.15) is 45.2 Å². The molecule has 0 bridgehead atoms. The van der Waals surface area contributed by atoms with Gasteiger partial charge >= 0.3 is 41.9 Å². The van der Waals surface area contributed by atoms with Gasteiger partial charge in [0.15, 0.2) is 12.2 Å². The van der Waals surface area contributed by atoms with Gasteiger partial charge in [0.25, 0.3) is 0 Å². The molecule has 1 amide bonds. The molecule has 0 saturated carbocycles. The summed E-state index contributed by atoms with van der Waals surface area (Å²) in [5.74, 6) is -5.30. The molecule has 1 heterocycles. The molecule has 6 atom stereocenters. The van der Waals surface area contributed by atoms with Gasteiger partial charge in [0.1, 0.15) is 32.0 Å². The number of rotatable bonds is 14. The van der Waals surface area contributed by atoms with Gasteiger partial charge in [-0.05, 0) is 11.1 Å². The maximum absolute atomic E-state index is 13.3. The van der Waals surface area contributed by atoms with Gasteiger partial charge in [-0.2, -0.15) is 0 Å². The van der Waals surface area contributed by atoms with E-state index in [4.69, 9.17) is 37.9 Å². The Morgan fingerprint density at radius 1 is 0.633 bits per heavy atom. The Labute approximate surface area is 281 Å². The van der Waals surface area contributed by atoms with Gasteiger partial charge in [-0.1, -0.05) is 60.7 Å². The van der Waals surface area contributed by atoms with Gasteiger partial charge in [0, 0.05) is 27.7 Å². The molecule has 1 fully saturated rings. The quantitative estimate of drug-likeness (QED) is 0.223. The molecule has 16 nitrogen and oxygen atoms in total. The van der Waals surface area contributed by atoms with Crippen molar-refractivity contribution in [3.63, 3.8) is 0 Å². The molecule has 3 rings (SSSR count). The third-order valence-electron chi connectivity index (χ3n) is 6.59. The van der Waals surface area contributed by atoms with Gasteiger partial charge < -0.3 is 43.2 Å². The topological polar surface area (TPSA) is 205 Å². The summed E-state index contributed by atoms with van der Waals surface area (Å²) in [6, 6.07) is 15.7. The van der Waals surface area contributed by atoms with E-state index in [9.17, 15) is 33.6 Å². The fourth-order valence-electron chi connectivity index (χ4n) is 4.55. The van der Waals surface area contributed by atoms with Crippen molar-refractivity contribution < 1.29 is 71.5 Å². The number of alkyl carbamates (subject to hydrolysis) is 1. The summed E-state index contributed by atoms with van der Waals surface area (Å²) in [5.41, 5.74) is 1.30. The summed E-state index contributed by atoms with van der Waals surface area (Å²) < 4.78 is 42.6. The molecule has 264 valence electrons. The van der Waals surface area contributed by atoms with Gasteiger partial charge in [0.2, 0.25) is 12.4 Å². The minimum absolute atomic E-state index is 0.110. The van der Waals surface area contributed by atoms with Crippen LogP contribution in [0.5, 0.6) is 0 Å². The van der Waals surface area contributed by atoms with Crippen LogP contribution in [0.2, 0.25) is 0 Å². The average Bonchev–Trinajstić information content (AvgIpc) is 3.04. The van der Waals surface area contributed by atoms with E-state index in [-0.39, 0.29) is 13.2 Å². The van der Waals surface area contributed by atoms with E-state index in [1.807, 2.05) is 0 Å². The largest absolute Gasteiger partial charge is 0.463 e. The highest BCUT2D eigenvalue weighted by Gasteiger charge is 2.54. The summed E-state index contributed by atoms with van der Waals surface area (Å²) in [4.78, 5) is 86.8. The van der Waals surface area contributed by atoms with Crippen molar-refractivity contribution in [2.75, 3.05) is 6.61 Å². The standard InChI is InChI=1S/C33H37NO15/c1-19(35)42-18-26-28(45-20(2)36)29(46-21(3)37)30(47-22(4)38)32(48-26)49-33(41)34-25(31(40)44-17-24-13-9-6-10-14-24)15-27(39)43-16-23-11-7-5-8-12-23/h5-14,25-26,28-30,32H,15-18H2,1-4H3,(H,34,41)/t25-,26+,28+,29-,30+,32?/m0/s1. The number of hydrogen-bond donors (Lipinski definition) is 1. The third-order valence-corrected chi connectivity index (χ3v) is 6.59. The molecule has 0 spiro atoms. The van der Waals surface area contributed by atoms with E-state index < -0.39 is 91.7 Å². The average molecular weight is 688 g/mol. The fourth-order valence-corrected chi connectivity index (χ4v) is 4.55. The summed E-state index contributed by atoms with van der Waals surface area (Å²) in [7, 11) is 0. The SMILES string of the molecule is CC(=O)OC[C@H]1OC(OC(=O)N[C@@H](CC(=O)OCc2ccccc2)C(=O)OCc2ccccc2)[C@H](OC(C)=O)[C@@H](OC(C)=O)[C@@H]1OC(C)=O. The minimum atomic E-state index is -1.88. The number of nitrogens with one attached hydrogen (secondary N) is 1. The molecule has 1 unspecified atom stereocenters. The van der Waals surface area contributed by atoms with Crippen molar-refractivity contribution in [2.45, 2.75) is 84.1 Å². The van der Waals surface area contributed by atoms with E-state index >= 15 is 0 Å². The van der Waals surface area contributed by atoms with Crippen LogP contribution in [-0.4, -0.2) is 85.3 Å². The van der Waals surface area contributed by atoms with Gasteiger partial charge in [-0.25, -0.2) is 9.59 Å². The van der Waals surface area contributed by atoms with Crippen LogP contribution in [0.25, 0.3) is 0 Å². The monoisotopic (exact) mass is 687 g/mol. The van der Waals surface area contributed by atoms with Gasteiger partial charge in [-0.3, -0.25) is 24.0 Å². The number of amides is 1. The second kappa shape index (κ2) is 18.7. The molecule has 16 heteroatoms. The summed E-state index contributed by atoms with van der Waals surface area (Å²) in [6.07, 6.45) is -10.1. The van der Waals surface area contributed by atoms with E-state index in [1.165, 1.54) is 0 Å². The van der Waals surface area contributed by atoms with Gasteiger partial charge in [0.05, 0.1) is 6.42 Å². The second-order valence-corrected chi connectivity index (χ2v) is 10.6. The zero-order valence-corrected chi connectivity index (χ0v) is 27.2. The Morgan fingerprint density at radius 3 is 1.67 bits per heavy atom.